The maximum absolute atomic E-state index is 14.2. The molecule has 9 heteroatoms. The first-order chi connectivity index (χ1) is 17.3. The standard InChI is InChI=1S/C27H34ClN3O5/c1-4-13-29(14-5-2)24(33)21-20-11-12-27(36-20)22(21)25(34)31(16-17-32)23(27)26(35)30(15-6-3)19-9-7-18(28)8-10-19/h4,6-10,20-23,32H,1,3,5,11-17H2,2H3/t20-,21+,22-,23?,27?/m0/s1. The van der Waals surface area contributed by atoms with Gasteiger partial charge in [-0.1, -0.05) is 30.7 Å². The second-order valence-corrected chi connectivity index (χ2v) is 10.0. The Morgan fingerprint density at radius 3 is 2.53 bits per heavy atom. The van der Waals surface area contributed by atoms with Crippen LogP contribution < -0.4 is 4.90 Å². The van der Waals surface area contributed by atoms with E-state index in [0.717, 1.165) is 6.42 Å². The normalized spacial score (nSPS) is 28.2. The number of ether oxygens (including phenoxy) is 1. The molecule has 1 spiro atoms. The molecule has 0 saturated carbocycles. The van der Waals surface area contributed by atoms with Crippen LogP contribution in [0.1, 0.15) is 26.2 Å². The first-order valence-corrected chi connectivity index (χ1v) is 12.9. The van der Waals surface area contributed by atoms with E-state index >= 15 is 0 Å². The Bertz CT molecular complexity index is 1030. The average molecular weight is 516 g/mol. The van der Waals surface area contributed by atoms with Gasteiger partial charge in [-0.05, 0) is 43.5 Å². The van der Waals surface area contributed by atoms with E-state index in [1.54, 1.807) is 46.2 Å². The van der Waals surface area contributed by atoms with Crippen LogP contribution in [-0.2, 0) is 19.1 Å². The Hall–Kier alpha value is -2.68. The topological polar surface area (TPSA) is 90.4 Å². The number of carbonyl (C=O) groups excluding carboxylic acids is 3. The molecule has 2 bridgehead atoms. The van der Waals surface area contributed by atoms with E-state index in [1.165, 1.54) is 4.90 Å². The summed E-state index contributed by atoms with van der Waals surface area (Å²) in [7, 11) is 0. The first kappa shape index (κ1) is 26.4. The van der Waals surface area contributed by atoms with Crippen molar-refractivity contribution in [2.24, 2.45) is 11.8 Å². The quantitative estimate of drug-likeness (QED) is 0.458. The van der Waals surface area contributed by atoms with E-state index in [0.29, 0.717) is 36.6 Å². The summed E-state index contributed by atoms with van der Waals surface area (Å²) < 4.78 is 6.48. The fourth-order valence-electron chi connectivity index (χ4n) is 6.21. The summed E-state index contributed by atoms with van der Waals surface area (Å²) in [5.41, 5.74) is -0.507. The van der Waals surface area contributed by atoms with Crippen molar-refractivity contribution in [2.45, 2.75) is 43.9 Å². The largest absolute Gasteiger partial charge is 0.395 e. The third kappa shape index (κ3) is 4.25. The molecule has 0 radical (unpaired) electrons. The zero-order valence-electron chi connectivity index (χ0n) is 20.6. The number of amides is 3. The average Bonchev–Trinajstić information content (AvgIpc) is 3.50. The van der Waals surface area contributed by atoms with Crippen molar-refractivity contribution >= 4 is 35.0 Å². The molecule has 8 nitrogen and oxygen atoms in total. The number of fused-ring (bicyclic) bond motifs is 1. The molecule has 5 atom stereocenters. The van der Waals surface area contributed by atoms with Gasteiger partial charge in [0.1, 0.15) is 11.6 Å². The Labute approximate surface area is 217 Å². The van der Waals surface area contributed by atoms with Crippen LogP contribution in [0.5, 0.6) is 0 Å². The molecule has 1 aromatic rings. The summed E-state index contributed by atoms with van der Waals surface area (Å²) in [6.45, 7) is 10.4. The lowest BCUT2D eigenvalue weighted by Gasteiger charge is -2.36. The molecule has 1 N–H and O–H groups in total. The molecule has 4 rings (SSSR count). The third-order valence-electron chi connectivity index (χ3n) is 7.53. The summed E-state index contributed by atoms with van der Waals surface area (Å²) in [5, 5.41) is 10.3. The highest BCUT2D eigenvalue weighted by Crippen LogP contribution is 2.59. The summed E-state index contributed by atoms with van der Waals surface area (Å²) >= 11 is 6.06. The van der Waals surface area contributed by atoms with Gasteiger partial charge in [-0.3, -0.25) is 14.4 Å². The monoisotopic (exact) mass is 515 g/mol. The van der Waals surface area contributed by atoms with Gasteiger partial charge < -0.3 is 24.5 Å². The van der Waals surface area contributed by atoms with E-state index in [4.69, 9.17) is 16.3 Å². The molecule has 194 valence electrons. The minimum Gasteiger partial charge on any atom is -0.395 e. The number of aliphatic hydroxyl groups is 1. The predicted molar refractivity (Wildman–Crippen MR) is 137 cm³/mol. The maximum atomic E-state index is 14.2. The van der Waals surface area contributed by atoms with Gasteiger partial charge in [-0.15, -0.1) is 13.2 Å². The summed E-state index contributed by atoms with van der Waals surface area (Å²) in [6.07, 6.45) is 4.73. The lowest BCUT2D eigenvalue weighted by molar-refractivity contribution is -0.145. The van der Waals surface area contributed by atoms with Crippen LogP contribution in [0.3, 0.4) is 0 Å². The first-order valence-electron chi connectivity index (χ1n) is 12.5. The lowest BCUT2D eigenvalue weighted by Crippen LogP contribution is -2.57. The van der Waals surface area contributed by atoms with E-state index in [1.807, 2.05) is 6.92 Å². The summed E-state index contributed by atoms with van der Waals surface area (Å²) in [4.78, 5) is 46.4. The van der Waals surface area contributed by atoms with Crippen molar-refractivity contribution in [1.82, 2.24) is 9.80 Å². The molecule has 3 fully saturated rings. The van der Waals surface area contributed by atoms with Crippen molar-refractivity contribution in [3.63, 3.8) is 0 Å². The number of halogens is 1. The number of anilines is 1. The fourth-order valence-corrected chi connectivity index (χ4v) is 6.34. The van der Waals surface area contributed by atoms with Crippen molar-refractivity contribution in [1.29, 1.82) is 0 Å². The molecule has 3 aliphatic rings. The Balaban J connectivity index is 1.74. The van der Waals surface area contributed by atoms with Gasteiger partial charge in [-0.25, -0.2) is 0 Å². The molecule has 3 saturated heterocycles. The van der Waals surface area contributed by atoms with Crippen LogP contribution in [0, 0.1) is 11.8 Å². The second-order valence-electron chi connectivity index (χ2n) is 9.60. The van der Waals surface area contributed by atoms with Gasteiger partial charge in [0.25, 0.3) is 5.91 Å². The molecule has 3 heterocycles. The van der Waals surface area contributed by atoms with Crippen LogP contribution in [0.15, 0.2) is 49.6 Å². The van der Waals surface area contributed by atoms with E-state index < -0.39 is 29.6 Å². The second kappa shape index (κ2) is 10.7. The van der Waals surface area contributed by atoms with Gasteiger partial charge >= 0.3 is 0 Å². The minimum atomic E-state index is -1.12. The molecule has 2 unspecified atom stereocenters. The fraction of sp³-hybridized carbons (Fsp3) is 0.519. The molecular formula is C27H34ClN3O5. The number of carbonyl (C=O) groups is 3. The number of rotatable bonds is 11. The van der Waals surface area contributed by atoms with Gasteiger partial charge in [0.2, 0.25) is 11.8 Å². The predicted octanol–water partition coefficient (Wildman–Crippen LogP) is 2.65. The van der Waals surface area contributed by atoms with Crippen LogP contribution in [0.2, 0.25) is 5.02 Å². The van der Waals surface area contributed by atoms with Crippen molar-refractivity contribution in [3.8, 4) is 0 Å². The van der Waals surface area contributed by atoms with Crippen molar-refractivity contribution in [2.75, 3.05) is 37.7 Å². The molecule has 1 aromatic carbocycles. The number of benzene rings is 1. The SMILES string of the molecule is C=CCN(CCC)C(=O)[C@@H]1[C@@H]2CCC3(O2)C(C(=O)N(CC=C)c2ccc(Cl)cc2)N(CCO)C(=O)[C@H]13. The van der Waals surface area contributed by atoms with Crippen LogP contribution in [-0.4, -0.2) is 83.2 Å². The van der Waals surface area contributed by atoms with E-state index in [-0.39, 0.29) is 37.4 Å². The Kier molecular flexibility index (Phi) is 7.87. The maximum Gasteiger partial charge on any atom is 0.253 e. The highest BCUT2D eigenvalue weighted by molar-refractivity contribution is 6.30. The van der Waals surface area contributed by atoms with Crippen LogP contribution >= 0.6 is 11.6 Å². The van der Waals surface area contributed by atoms with Crippen LogP contribution in [0.4, 0.5) is 5.69 Å². The van der Waals surface area contributed by atoms with Gasteiger partial charge in [-0.2, -0.15) is 0 Å². The molecule has 3 amide bonds. The van der Waals surface area contributed by atoms with Gasteiger partial charge in [0.05, 0.1) is 24.5 Å². The number of aliphatic hydroxyl groups excluding tert-OH is 1. The van der Waals surface area contributed by atoms with Crippen molar-refractivity contribution in [3.05, 3.63) is 54.6 Å². The third-order valence-corrected chi connectivity index (χ3v) is 7.78. The lowest BCUT2D eigenvalue weighted by atomic mass is 9.70. The van der Waals surface area contributed by atoms with Crippen molar-refractivity contribution < 1.29 is 24.2 Å². The summed E-state index contributed by atoms with van der Waals surface area (Å²) in [6, 6.07) is 5.91. The number of hydrogen-bond acceptors (Lipinski definition) is 5. The highest BCUT2D eigenvalue weighted by atomic mass is 35.5. The Morgan fingerprint density at radius 2 is 1.92 bits per heavy atom. The highest BCUT2D eigenvalue weighted by Gasteiger charge is 2.74. The molecule has 36 heavy (non-hydrogen) atoms. The zero-order valence-corrected chi connectivity index (χ0v) is 21.4. The molecule has 0 aliphatic carbocycles. The summed E-state index contributed by atoms with van der Waals surface area (Å²) in [5.74, 6) is -2.22. The number of hydrogen-bond donors (Lipinski definition) is 1. The molecule has 0 aromatic heterocycles. The Morgan fingerprint density at radius 1 is 1.22 bits per heavy atom. The number of likely N-dealkylation sites (tertiary alicyclic amines) is 1. The molecule has 3 aliphatic heterocycles. The smallest absolute Gasteiger partial charge is 0.253 e. The van der Waals surface area contributed by atoms with E-state index in [9.17, 15) is 19.5 Å². The minimum absolute atomic E-state index is 0.0176. The van der Waals surface area contributed by atoms with Crippen LogP contribution in [0.25, 0.3) is 0 Å². The van der Waals surface area contributed by atoms with E-state index in [2.05, 4.69) is 13.2 Å². The zero-order chi connectivity index (χ0) is 26.0. The van der Waals surface area contributed by atoms with Gasteiger partial charge in [0, 0.05) is 36.9 Å². The number of nitrogens with zero attached hydrogens (tertiary/aromatic N) is 3. The number of β-amino-alcohol motifs (C(OH)–C–C–N with tert-alkyl or cyclic N) is 1. The van der Waals surface area contributed by atoms with Gasteiger partial charge in [0.15, 0.2) is 0 Å². The molecular weight excluding hydrogens is 482 g/mol.